The summed E-state index contributed by atoms with van der Waals surface area (Å²) in [5.74, 6) is 0.152. The minimum atomic E-state index is 0.0560. The summed E-state index contributed by atoms with van der Waals surface area (Å²) in [7, 11) is 0. The summed E-state index contributed by atoms with van der Waals surface area (Å²) in [6.45, 7) is 5.97. The molecule has 0 bridgehead atoms. The Bertz CT molecular complexity index is 893. The molecule has 28 heavy (non-hydrogen) atoms. The first-order chi connectivity index (χ1) is 13.7. The van der Waals surface area contributed by atoms with Crippen LogP contribution in [-0.4, -0.2) is 60.9 Å². The average Bonchev–Trinajstić information content (AvgIpc) is 2.91. The van der Waals surface area contributed by atoms with E-state index in [-0.39, 0.29) is 11.8 Å². The molecule has 1 N–H and O–H groups in total. The van der Waals surface area contributed by atoms with Gasteiger partial charge in [-0.25, -0.2) is 0 Å². The van der Waals surface area contributed by atoms with Gasteiger partial charge < -0.3 is 10.2 Å². The summed E-state index contributed by atoms with van der Waals surface area (Å²) in [6.07, 6.45) is 1.79. The lowest BCUT2D eigenvalue weighted by molar-refractivity contribution is -0.122. The maximum atomic E-state index is 13.1. The zero-order chi connectivity index (χ0) is 19.5. The van der Waals surface area contributed by atoms with Crippen molar-refractivity contribution in [2.24, 2.45) is 0 Å². The van der Waals surface area contributed by atoms with Crippen LogP contribution in [-0.2, 0) is 11.2 Å². The summed E-state index contributed by atoms with van der Waals surface area (Å²) in [5.41, 5.74) is 5.87. The topological polar surface area (TPSA) is 52.7 Å². The van der Waals surface area contributed by atoms with Crippen molar-refractivity contribution in [3.05, 3.63) is 59.2 Å². The van der Waals surface area contributed by atoms with E-state index < -0.39 is 0 Å². The SMILES string of the molecule is CCNC(=O)CN1CCCN(C(=O)c2ccc3c(c2)Cc2ccccc2-3)CC1. The first-order valence-corrected chi connectivity index (χ1v) is 10.1. The van der Waals surface area contributed by atoms with Gasteiger partial charge in [0.2, 0.25) is 5.91 Å². The molecule has 2 aromatic carbocycles. The molecule has 4 rings (SSSR count). The zero-order valence-corrected chi connectivity index (χ0v) is 16.4. The molecule has 5 heteroatoms. The van der Waals surface area contributed by atoms with Gasteiger partial charge in [-0.1, -0.05) is 30.3 Å². The number of benzene rings is 2. The average molecular weight is 377 g/mol. The molecule has 1 fully saturated rings. The van der Waals surface area contributed by atoms with Crippen LogP contribution in [0.25, 0.3) is 11.1 Å². The van der Waals surface area contributed by atoms with Gasteiger partial charge in [0.1, 0.15) is 0 Å². The van der Waals surface area contributed by atoms with Gasteiger partial charge in [0.25, 0.3) is 5.91 Å². The lowest BCUT2D eigenvalue weighted by Gasteiger charge is -2.22. The quantitative estimate of drug-likeness (QED) is 0.760. The van der Waals surface area contributed by atoms with E-state index in [0.717, 1.165) is 38.0 Å². The number of nitrogens with one attached hydrogen (secondary N) is 1. The molecule has 0 radical (unpaired) electrons. The van der Waals surface area contributed by atoms with Crippen LogP contribution in [0.3, 0.4) is 0 Å². The Morgan fingerprint density at radius 2 is 1.79 bits per heavy atom. The largest absolute Gasteiger partial charge is 0.355 e. The summed E-state index contributed by atoms with van der Waals surface area (Å²) >= 11 is 0. The molecular formula is C23H27N3O2. The first-order valence-electron chi connectivity index (χ1n) is 10.1. The zero-order valence-electron chi connectivity index (χ0n) is 16.4. The second-order valence-electron chi connectivity index (χ2n) is 7.58. The van der Waals surface area contributed by atoms with Crippen LogP contribution in [0.15, 0.2) is 42.5 Å². The van der Waals surface area contributed by atoms with Crippen LogP contribution >= 0.6 is 0 Å². The third kappa shape index (κ3) is 3.80. The van der Waals surface area contributed by atoms with Crippen LogP contribution in [0.2, 0.25) is 0 Å². The van der Waals surface area contributed by atoms with E-state index in [4.69, 9.17) is 0 Å². The molecule has 2 amide bonds. The predicted octanol–water partition coefficient (Wildman–Crippen LogP) is 2.54. The van der Waals surface area contributed by atoms with Gasteiger partial charge >= 0.3 is 0 Å². The number of likely N-dealkylation sites (N-methyl/N-ethyl adjacent to an activating group) is 1. The molecule has 1 aliphatic heterocycles. The number of hydrogen-bond donors (Lipinski definition) is 1. The Kier molecular flexibility index (Phi) is 5.44. The van der Waals surface area contributed by atoms with Gasteiger partial charge in [0.15, 0.2) is 0 Å². The number of carbonyl (C=O) groups excluding carboxylic acids is 2. The fourth-order valence-corrected chi connectivity index (χ4v) is 4.25. The third-order valence-electron chi connectivity index (χ3n) is 5.66. The molecule has 0 aromatic heterocycles. The van der Waals surface area contributed by atoms with Crippen molar-refractivity contribution in [2.45, 2.75) is 19.8 Å². The van der Waals surface area contributed by atoms with Crippen LogP contribution in [0, 0.1) is 0 Å². The normalized spacial score (nSPS) is 16.2. The van der Waals surface area contributed by atoms with E-state index in [1.165, 1.54) is 22.3 Å². The summed E-state index contributed by atoms with van der Waals surface area (Å²) in [5, 5.41) is 2.84. The number of rotatable bonds is 4. The monoisotopic (exact) mass is 377 g/mol. The fraction of sp³-hybridized carbons (Fsp3) is 0.391. The smallest absolute Gasteiger partial charge is 0.253 e. The molecule has 146 valence electrons. The molecule has 0 unspecified atom stereocenters. The minimum absolute atomic E-state index is 0.0560. The molecule has 0 spiro atoms. The maximum Gasteiger partial charge on any atom is 0.253 e. The summed E-state index contributed by atoms with van der Waals surface area (Å²) < 4.78 is 0. The van der Waals surface area contributed by atoms with E-state index in [9.17, 15) is 9.59 Å². The van der Waals surface area contributed by atoms with Gasteiger partial charge in [-0.15, -0.1) is 0 Å². The fourth-order valence-electron chi connectivity index (χ4n) is 4.25. The van der Waals surface area contributed by atoms with Gasteiger partial charge in [-0.3, -0.25) is 14.5 Å². The van der Waals surface area contributed by atoms with Gasteiger partial charge in [-0.2, -0.15) is 0 Å². The van der Waals surface area contributed by atoms with Crippen LogP contribution in [0.5, 0.6) is 0 Å². The highest BCUT2D eigenvalue weighted by Gasteiger charge is 2.24. The van der Waals surface area contributed by atoms with E-state index in [0.29, 0.717) is 19.6 Å². The molecule has 0 atom stereocenters. The first kappa shape index (κ1) is 18.7. The number of nitrogens with zero attached hydrogens (tertiary/aromatic N) is 2. The molecule has 0 saturated carbocycles. The molecule has 1 aliphatic carbocycles. The van der Waals surface area contributed by atoms with Crippen molar-refractivity contribution in [2.75, 3.05) is 39.3 Å². The van der Waals surface area contributed by atoms with Crippen molar-refractivity contribution >= 4 is 11.8 Å². The molecule has 1 heterocycles. The van der Waals surface area contributed by atoms with E-state index in [2.05, 4.69) is 46.6 Å². The van der Waals surface area contributed by atoms with Crippen LogP contribution < -0.4 is 5.32 Å². The number of amides is 2. The second-order valence-corrected chi connectivity index (χ2v) is 7.58. The Morgan fingerprint density at radius 3 is 2.64 bits per heavy atom. The van der Waals surface area contributed by atoms with Crippen molar-refractivity contribution < 1.29 is 9.59 Å². The van der Waals surface area contributed by atoms with Crippen molar-refractivity contribution in [3.8, 4) is 11.1 Å². The summed E-state index contributed by atoms with van der Waals surface area (Å²) in [4.78, 5) is 29.0. The molecule has 1 saturated heterocycles. The Balaban J connectivity index is 1.43. The van der Waals surface area contributed by atoms with Gasteiger partial charge in [0.05, 0.1) is 6.54 Å². The highest BCUT2D eigenvalue weighted by Crippen LogP contribution is 2.36. The van der Waals surface area contributed by atoms with Crippen molar-refractivity contribution in [1.29, 1.82) is 0 Å². The molecule has 5 nitrogen and oxygen atoms in total. The van der Waals surface area contributed by atoms with E-state index in [1.54, 1.807) is 0 Å². The number of hydrogen-bond acceptors (Lipinski definition) is 3. The minimum Gasteiger partial charge on any atom is -0.355 e. The van der Waals surface area contributed by atoms with Gasteiger partial charge in [-0.05, 0) is 54.2 Å². The summed E-state index contributed by atoms with van der Waals surface area (Å²) in [6, 6.07) is 14.6. The standard InChI is InChI=1S/C23H27N3O2/c1-2-24-22(27)16-25-10-5-11-26(13-12-25)23(28)18-8-9-21-19(15-18)14-17-6-3-4-7-20(17)21/h3-4,6-9,15H,2,5,10-14,16H2,1H3,(H,24,27). The Hall–Kier alpha value is -2.66. The Morgan fingerprint density at radius 1 is 0.964 bits per heavy atom. The van der Waals surface area contributed by atoms with Crippen molar-refractivity contribution in [1.82, 2.24) is 15.1 Å². The predicted molar refractivity (Wildman–Crippen MR) is 110 cm³/mol. The van der Waals surface area contributed by atoms with E-state index >= 15 is 0 Å². The van der Waals surface area contributed by atoms with Gasteiger partial charge in [0, 0.05) is 38.3 Å². The van der Waals surface area contributed by atoms with Crippen LogP contribution in [0.1, 0.15) is 34.8 Å². The maximum absolute atomic E-state index is 13.1. The second kappa shape index (κ2) is 8.15. The lowest BCUT2D eigenvalue weighted by atomic mass is 10.0. The highest BCUT2D eigenvalue weighted by molar-refractivity contribution is 5.95. The Labute approximate surface area is 166 Å². The van der Waals surface area contributed by atoms with E-state index in [1.807, 2.05) is 17.9 Å². The number of carbonyl (C=O) groups is 2. The lowest BCUT2D eigenvalue weighted by Crippen LogP contribution is -2.40. The van der Waals surface area contributed by atoms with Crippen molar-refractivity contribution in [3.63, 3.8) is 0 Å². The molecular weight excluding hydrogens is 350 g/mol. The van der Waals surface area contributed by atoms with Crippen LogP contribution in [0.4, 0.5) is 0 Å². The highest BCUT2D eigenvalue weighted by atomic mass is 16.2. The molecule has 2 aliphatic rings. The molecule has 2 aromatic rings. The number of fused-ring (bicyclic) bond motifs is 3. The third-order valence-corrected chi connectivity index (χ3v) is 5.66.